The van der Waals surface area contributed by atoms with Crippen LogP contribution in [0.4, 0.5) is 4.39 Å². The minimum absolute atomic E-state index is 0. The van der Waals surface area contributed by atoms with Crippen LogP contribution in [-0.2, 0) is 25.7 Å². The number of benzene rings is 1. The second-order valence-corrected chi connectivity index (χ2v) is 11.1. The third-order valence-corrected chi connectivity index (χ3v) is 7.12. The predicted octanol–water partition coefficient (Wildman–Crippen LogP) is 1.82. The summed E-state index contributed by atoms with van der Waals surface area (Å²) in [5, 5.41) is 32.8. The fraction of sp³-hybridized carbons (Fsp3) is 0.656. The van der Waals surface area contributed by atoms with E-state index in [-0.39, 0.29) is 51.8 Å². The van der Waals surface area contributed by atoms with Crippen LogP contribution >= 0.6 is 0 Å². The highest BCUT2D eigenvalue weighted by atomic mass is 19.1. The molecular formula is C32H59FN8O7. The molecule has 0 radical (unpaired) electrons. The molecule has 276 valence electrons. The third-order valence-electron chi connectivity index (χ3n) is 7.12. The lowest BCUT2D eigenvalue weighted by molar-refractivity contribution is -0.139. The molecule has 1 rings (SSSR count). The smallest absolute Gasteiger partial charge is 0.317 e. The van der Waals surface area contributed by atoms with Crippen molar-refractivity contribution in [1.29, 1.82) is 0 Å². The van der Waals surface area contributed by atoms with E-state index in [0.29, 0.717) is 56.3 Å². The molecule has 48 heavy (non-hydrogen) atoms. The largest absolute Gasteiger partial charge is 0.481 e. The molecule has 0 heterocycles. The van der Waals surface area contributed by atoms with Crippen LogP contribution in [0.3, 0.4) is 0 Å². The van der Waals surface area contributed by atoms with Crippen LogP contribution in [0.2, 0.25) is 0 Å². The van der Waals surface area contributed by atoms with Crippen molar-refractivity contribution >= 4 is 29.7 Å². The minimum atomic E-state index is -0.923. The van der Waals surface area contributed by atoms with Gasteiger partial charge in [-0.15, -0.1) is 0 Å². The Balaban J connectivity index is 0. The standard InChI is InChI=1S/C28H49FN8O5.C3H6O2.CH4/c1-5-8-35(19-26(39)40)10-12-37(13-11-36(20-27(41)42)9-7-21(3)6-2)18-25(38)32-17-22-14-23(16-24(29)15-22)28(33-30)34-31-4;1-2-3(4)5;/h14-16,21,31H,5-13,17-20,30H2,1-4H3,(H,32,38)(H,33,34)(H,39,40)(H,41,42);2H2,1H3,(H,4,5);1H4. The predicted molar refractivity (Wildman–Crippen MR) is 185 cm³/mol. The van der Waals surface area contributed by atoms with Crippen molar-refractivity contribution in [2.75, 3.05) is 66.0 Å². The van der Waals surface area contributed by atoms with Gasteiger partial charge < -0.3 is 31.9 Å². The van der Waals surface area contributed by atoms with Gasteiger partial charge in [-0.25, -0.2) is 9.82 Å². The van der Waals surface area contributed by atoms with Crippen LogP contribution in [0, 0.1) is 11.7 Å². The van der Waals surface area contributed by atoms with E-state index in [2.05, 4.69) is 35.1 Å². The Bertz CT molecular complexity index is 1130. The topological polar surface area (TPSA) is 213 Å². The van der Waals surface area contributed by atoms with E-state index in [0.717, 1.165) is 19.3 Å². The molecule has 0 aromatic heterocycles. The minimum Gasteiger partial charge on any atom is -0.481 e. The lowest BCUT2D eigenvalue weighted by Crippen LogP contribution is -2.46. The van der Waals surface area contributed by atoms with Crippen LogP contribution in [-0.4, -0.2) is 126 Å². The van der Waals surface area contributed by atoms with Gasteiger partial charge in [0, 0.05) is 51.8 Å². The molecule has 1 unspecified atom stereocenters. The zero-order valence-corrected chi connectivity index (χ0v) is 28.4. The molecule has 0 saturated heterocycles. The molecule has 0 saturated carbocycles. The number of amidine groups is 1. The van der Waals surface area contributed by atoms with Crippen LogP contribution in [0.1, 0.15) is 71.9 Å². The highest BCUT2D eigenvalue weighted by molar-refractivity contribution is 5.98. The second-order valence-electron chi connectivity index (χ2n) is 11.1. The van der Waals surface area contributed by atoms with Gasteiger partial charge in [0.1, 0.15) is 5.82 Å². The van der Waals surface area contributed by atoms with E-state index in [4.69, 9.17) is 10.9 Å². The molecule has 1 aromatic carbocycles. The number of carboxylic acid groups (broad SMARTS) is 3. The Morgan fingerprint density at radius 3 is 1.81 bits per heavy atom. The second kappa shape index (κ2) is 27.1. The maximum Gasteiger partial charge on any atom is 0.317 e. The molecule has 1 atom stereocenters. The van der Waals surface area contributed by atoms with Crippen molar-refractivity contribution in [2.24, 2.45) is 16.9 Å². The number of hydrogen-bond donors (Lipinski definition) is 7. The van der Waals surface area contributed by atoms with Crippen LogP contribution in [0.15, 0.2) is 23.3 Å². The van der Waals surface area contributed by atoms with Crippen molar-refractivity contribution in [1.82, 2.24) is 30.9 Å². The van der Waals surface area contributed by atoms with E-state index in [1.54, 1.807) is 20.0 Å². The van der Waals surface area contributed by atoms with E-state index in [1.165, 1.54) is 12.1 Å². The quantitative estimate of drug-likeness (QED) is 0.0379. The first-order valence-electron chi connectivity index (χ1n) is 15.9. The molecule has 0 aliphatic rings. The molecule has 1 amide bonds. The van der Waals surface area contributed by atoms with Gasteiger partial charge in [-0.1, -0.05) is 41.5 Å². The first-order valence-corrected chi connectivity index (χ1v) is 15.9. The van der Waals surface area contributed by atoms with Crippen LogP contribution in [0.25, 0.3) is 0 Å². The number of amides is 1. The molecule has 0 spiro atoms. The number of hydrazone groups is 1. The molecule has 0 aliphatic carbocycles. The normalized spacial score (nSPS) is 11.8. The number of hydrazine groups is 1. The van der Waals surface area contributed by atoms with E-state index in [9.17, 15) is 33.8 Å². The van der Waals surface area contributed by atoms with E-state index >= 15 is 0 Å². The Labute approximate surface area is 284 Å². The van der Waals surface area contributed by atoms with Crippen LogP contribution < -0.4 is 22.0 Å². The molecule has 0 aliphatic heterocycles. The SMILES string of the molecule is C.CCC(=O)O.CCCN(CCN(CCN(CCC(C)CC)CC(=O)O)CC(=O)NCc1cc(F)cc(/C(=N/N)NNC)c1)CC(=O)O. The zero-order valence-electron chi connectivity index (χ0n) is 28.4. The first-order chi connectivity index (χ1) is 22.3. The summed E-state index contributed by atoms with van der Waals surface area (Å²) in [6, 6.07) is 4.24. The lowest BCUT2D eigenvalue weighted by Gasteiger charge is -2.29. The average Bonchev–Trinajstić information content (AvgIpc) is 3.01. The molecule has 0 bridgehead atoms. The summed E-state index contributed by atoms with van der Waals surface area (Å²) < 4.78 is 14.3. The molecule has 8 N–H and O–H groups in total. The van der Waals surface area contributed by atoms with Crippen molar-refractivity contribution in [3.8, 4) is 0 Å². The van der Waals surface area contributed by atoms with Gasteiger partial charge in [0.15, 0.2) is 5.84 Å². The Hall–Kier alpha value is -3.86. The van der Waals surface area contributed by atoms with E-state index < -0.39 is 23.7 Å². The number of aliphatic carboxylic acids is 3. The number of halogens is 1. The number of nitrogens with zero attached hydrogens (tertiary/aromatic N) is 4. The first kappa shape index (κ1) is 46.3. The third kappa shape index (κ3) is 22.6. The number of carbonyl (C=O) groups is 4. The number of nitrogens with one attached hydrogen (secondary N) is 3. The maximum atomic E-state index is 14.3. The van der Waals surface area contributed by atoms with Gasteiger partial charge >= 0.3 is 17.9 Å². The molecule has 0 fully saturated rings. The van der Waals surface area contributed by atoms with Gasteiger partial charge in [0.2, 0.25) is 5.91 Å². The summed E-state index contributed by atoms with van der Waals surface area (Å²) in [6.45, 7) is 10.6. The maximum absolute atomic E-state index is 14.3. The number of rotatable bonds is 23. The molecule has 1 aromatic rings. The van der Waals surface area contributed by atoms with Gasteiger partial charge in [0.25, 0.3) is 0 Å². The number of hydrogen-bond acceptors (Lipinski definition) is 10. The lowest BCUT2D eigenvalue weighted by atomic mass is 10.1. The fourth-order valence-corrected chi connectivity index (χ4v) is 4.33. The van der Waals surface area contributed by atoms with Crippen molar-refractivity contribution in [2.45, 2.75) is 67.3 Å². The molecule has 15 nitrogen and oxygen atoms in total. The molecule has 16 heteroatoms. The van der Waals surface area contributed by atoms with Crippen LogP contribution in [0.5, 0.6) is 0 Å². The van der Waals surface area contributed by atoms with Crippen molar-refractivity contribution in [3.05, 3.63) is 35.1 Å². The van der Waals surface area contributed by atoms with Gasteiger partial charge in [0.05, 0.1) is 19.6 Å². The van der Waals surface area contributed by atoms with Crippen molar-refractivity contribution < 1.29 is 38.9 Å². The Morgan fingerprint density at radius 1 is 0.854 bits per heavy atom. The number of carbonyl (C=O) groups excluding carboxylic acids is 1. The summed E-state index contributed by atoms with van der Waals surface area (Å²) in [4.78, 5) is 50.7. The highest BCUT2D eigenvalue weighted by Gasteiger charge is 2.18. The van der Waals surface area contributed by atoms with Gasteiger partial charge in [-0.3, -0.25) is 33.9 Å². The monoisotopic (exact) mass is 686 g/mol. The van der Waals surface area contributed by atoms with Crippen molar-refractivity contribution in [3.63, 3.8) is 0 Å². The average molecular weight is 687 g/mol. The van der Waals surface area contributed by atoms with Gasteiger partial charge in [-0.05, 0) is 55.6 Å². The summed E-state index contributed by atoms with van der Waals surface area (Å²) >= 11 is 0. The van der Waals surface area contributed by atoms with E-state index in [1.807, 2.05) is 21.6 Å². The van der Waals surface area contributed by atoms with Gasteiger partial charge in [-0.2, -0.15) is 5.10 Å². The Morgan fingerprint density at radius 2 is 1.38 bits per heavy atom. The fourth-order valence-electron chi connectivity index (χ4n) is 4.33. The zero-order chi connectivity index (χ0) is 35.8. The Kier molecular flexibility index (Phi) is 26.1. The summed E-state index contributed by atoms with van der Waals surface area (Å²) in [5.41, 5.74) is 6.32. The highest BCUT2D eigenvalue weighted by Crippen LogP contribution is 2.10. The summed E-state index contributed by atoms with van der Waals surface area (Å²) in [6.07, 6.45) is 2.87. The number of carboxylic acids is 3. The summed E-state index contributed by atoms with van der Waals surface area (Å²) in [7, 11) is 1.62. The molecular weight excluding hydrogens is 627 g/mol. The number of nitrogens with two attached hydrogens (primary N) is 1. The summed E-state index contributed by atoms with van der Waals surface area (Å²) in [5.74, 6) is 2.69.